The van der Waals surface area contributed by atoms with Crippen molar-refractivity contribution >= 4 is 5.97 Å². The number of terminal acetylenes is 1. The molecule has 1 aromatic rings. The topological polar surface area (TPSA) is 55.8 Å². The lowest BCUT2D eigenvalue weighted by Gasteiger charge is -2.07. The third kappa shape index (κ3) is 2.75. The quantitative estimate of drug-likeness (QED) is 0.636. The molecular weight excluding hydrogens is 232 g/mol. The summed E-state index contributed by atoms with van der Waals surface area (Å²) in [5, 5.41) is 8.88. The van der Waals surface area contributed by atoms with Gasteiger partial charge in [0.15, 0.2) is 6.10 Å². The predicted molar refractivity (Wildman–Crippen MR) is 65.8 cm³/mol. The summed E-state index contributed by atoms with van der Waals surface area (Å²) in [6, 6.07) is 5.39. The van der Waals surface area contributed by atoms with E-state index < -0.39 is 12.1 Å². The second-order valence-electron chi connectivity index (χ2n) is 4.07. The Kier molecular flexibility index (Phi) is 3.73. The molecule has 0 spiro atoms. The molecule has 4 heteroatoms. The van der Waals surface area contributed by atoms with Crippen molar-refractivity contribution in [3.63, 3.8) is 0 Å². The average molecular weight is 246 g/mol. The lowest BCUT2D eigenvalue weighted by molar-refractivity contribution is -0.144. The van der Waals surface area contributed by atoms with Gasteiger partial charge >= 0.3 is 5.97 Å². The SMILES string of the molecule is C#CCCCOc1ccc2c(c1)OC(C(=O)O)C2. The van der Waals surface area contributed by atoms with Crippen molar-refractivity contribution in [2.45, 2.75) is 25.4 Å². The van der Waals surface area contributed by atoms with E-state index >= 15 is 0 Å². The maximum Gasteiger partial charge on any atom is 0.345 e. The molecular formula is C14H14O4. The second kappa shape index (κ2) is 5.46. The Morgan fingerprint density at radius 1 is 1.61 bits per heavy atom. The maximum atomic E-state index is 10.8. The number of ether oxygens (including phenoxy) is 2. The fraction of sp³-hybridized carbons (Fsp3) is 0.357. The monoisotopic (exact) mass is 246 g/mol. The molecule has 0 fully saturated rings. The van der Waals surface area contributed by atoms with Gasteiger partial charge in [0.1, 0.15) is 11.5 Å². The fourth-order valence-corrected chi connectivity index (χ4v) is 1.80. The highest BCUT2D eigenvalue weighted by atomic mass is 16.5. The highest BCUT2D eigenvalue weighted by Gasteiger charge is 2.28. The molecule has 1 aromatic carbocycles. The van der Waals surface area contributed by atoms with Crippen LogP contribution in [0, 0.1) is 12.3 Å². The zero-order chi connectivity index (χ0) is 13.0. The highest BCUT2D eigenvalue weighted by molar-refractivity contribution is 5.74. The first-order valence-electron chi connectivity index (χ1n) is 5.79. The van der Waals surface area contributed by atoms with E-state index in [4.69, 9.17) is 21.0 Å². The molecule has 1 aliphatic rings. The van der Waals surface area contributed by atoms with E-state index in [0.29, 0.717) is 30.9 Å². The minimum absolute atomic E-state index is 0.405. The van der Waals surface area contributed by atoms with E-state index in [1.165, 1.54) is 0 Å². The Morgan fingerprint density at radius 3 is 3.17 bits per heavy atom. The van der Waals surface area contributed by atoms with Crippen molar-refractivity contribution in [2.24, 2.45) is 0 Å². The molecule has 1 unspecified atom stereocenters. The summed E-state index contributed by atoms with van der Waals surface area (Å²) < 4.78 is 10.8. The normalized spacial score (nSPS) is 16.5. The maximum absolute atomic E-state index is 10.8. The van der Waals surface area contributed by atoms with Gasteiger partial charge in [-0.15, -0.1) is 12.3 Å². The van der Waals surface area contributed by atoms with Crippen molar-refractivity contribution < 1.29 is 19.4 Å². The lowest BCUT2D eigenvalue weighted by atomic mass is 10.1. The molecule has 1 aliphatic heterocycles. The van der Waals surface area contributed by atoms with Gasteiger partial charge in [-0.2, -0.15) is 0 Å². The summed E-state index contributed by atoms with van der Waals surface area (Å²) in [6.45, 7) is 0.547. The Labute approximate surface area is 106 Å². The van der Waals surface area contributed by atoms with Crippen LogP contribution in [0.2, 0.25) is 0 Å². The Balaban J connectivity index is 1.96. The van der Waals surface area contributed by atoms with Crippen LogP contribution in [-0.4, -0.2) is 23.8 Å². The summed E-state index contributed by atoms with van der Waals surface area (Å²) >= 11 is 0. The van der Waals surface area contributed by atoms with E-state index in [2.05, 4.69) is 5.92 Å². The molecule has 1 atom stereocenters. The van der Waals surface area contributed by atoms with Crippen LogP contribution in [0.5, 0.6) is 11.5 Å². The van der Waals surface area contributed by atoms with Crippen molar-refractivity contribution in [3.8, 4) is 23.8 Å². The molecule has 1 heterocycles. The fourth-order valence-electron chi connectivity index (χ4n) is 1.80. The van der Waals surface area contributed by atoms with Gasteiger partial charge in [-0.25, -0.2) is 4.79 Å². The van der Waals surface area contributed by atoms with Crippen molar-refractivity contribution in [1.29, 1.82) is 0 Å². The Morgan fingerprint density at radius 2 is 2.44 bits per heavy atom. The molecule has 0 aliphatic carbocycles. The minimum atomic E-state index is -0.942. The molecule has 0 amide bonds. The zero-order valence-electron chi connectivity index (χ0n) is 9.89. The summed E-state index contributed by atoms with van der Waals surface area (Å²) in [4.78, 5) is 10.8. The molecule has 94 valence electrons. The van der Waals surface area contributed by atoms with Crippen LogP contribution >= 0.6 is 0 Å². The molecule has 0 aromatic heterocycles. The van der Waals surface area contributed by atoms with E-state index in [0.717, 1.165) is 12.0 Å². The third-order valence-corrected chi connectivity index (χ3v) is 2.72. The van der Waals surface area contributed by atoms with Crippen LogP contribution in [0.3, 0.4) is 0 Å². The van der Waals surface area contributed by atoms with Crippen LogP contribution < -0.4 is 9.47 Å². The smallest absolute Gasteiger partial charge is 0.345 e. The van der Waals surface area contributed by atoms with E-state index in [9.17, 15) is 4.79 Å². The Hall–Kier alpha value is -2.15. The molecule has 18 heavy (non-hydrogen) atoms. The minimum Gasteiger partial charge on any atom is -0.493 e. The molecule has 0 saturated carbocycles. The number of fused-ring (bicyclic) bond motifs is 1. The number of hydrogen-bond acceptors (Lipinski definition) is 3. The van der Waals surface area contributed by atoms with Gasteiger partial charge in [-0.05, 0) is 18.1 Å². The predicted octanol–water partition coefficient (Wildman–Crippen LogP) is 1.87. The van der Waals surface area contributed by atoms with Crippen molar-refractivity contribution in [1.82, 2.24) is 0 Å². The molecule has 0 saturated heterocycles. The number of aliphatic carboxylic acids is 1. The van der Waals surface area contributed by atoms with Gasteiger partial charge in [0.2, 0.25) is 0 Å². The van der Waals surface area contributed by atoms with Crippen LogP contribution in [0.1, 0.15) is 18.4 Å². The highest BCUT2D eigenvalue weighted by Crippen LogP contribution is 2.32. The van der Waals surface area contributed by atoms with Gasteiger partial charge in [0.25, 0.3) is 0 Å². The van der Waals surface area contributed by atoms with Crippen molar-refractivity contribution in [3.05, 3.63) is 23.8 Å². The molecule has 1 N–H and O–H groups in total. The number of carboxylic acids is 1. The zero-order valence-corrected chi connectivity index (χ0v) is 9.89. The molecule has 4 nitrogen and oxygen atoms in total. The standard InChI is InChI=1S/C14H14O4/c1-2-3-4-7-17-11-6-5-10-8-13(14(15)16)18-12(10)9-11/h1,5-6,9,13H,3-4,7-8H2,(H,15,16). The van der Waals surface area contributed by atoms with Crippen LogP contribution in [-0.2, 0) is 11.2 Å². The molecule has 2 rings (SSSR count). The Bertz CT molecular complexity index is 487. The van der Waals surface area contributed by atoms with Gasteiger partial charge in [-0.3, -0.25) is 0 Å². The largest absolute Gasteiger partial charge is 0.493 e. The number of unbranched alkanes of at least 4 members (excludes halogenated alkanes) is 1. The second-order valence-corrected chi connectivity index (χ2v) is 4.07. The number of benzene rings is 1. The third-order valence-electron chi connectivity index (χ3n) is 2.72. The summed E-state index contributed by atoms with van der Waals surface area (Å²) in [6.07, 6.45) is 6.25. The first-order chi connectivity index (χ1) is 8.70. The van der Waals surface area contributed by atoms with E-state index in [1.807, 2.05) is 12.1 Å². The summed E-state index contributed by atoms with van der Waals surface area (Å²) in [5.74, 6) is 2.87. The van der Waals surface area contributed by atoms with Crippen LogP contribution in [0.25, 0.3) is 0 Å². The number of hydrogen-bond donors (Lipinski definition) is 1. The van der Waals surface area contributed by atoms with Gasteiger partial charge in [0.05, 0.1) is 6.61 Å². The lowest BCUT2D eigenvalue weighted by Crippen LogP contribution is -2.24. The number of carbonyl (C=O) groups is 1. The van der Waals surface area contributed by atoms with Crippen molar-refractivity contribution in [2.75, 3.05) is 6.61 Å². The van der Waals surface area contributed by atoms with Gasteiger partial charge < -0.3 is 14.6 Å². The van der Waals surface area contributed by atoms with E-state index in [-0.39, 0.29) is 0 Å². The van der Waals surface area contributed by atoms with Gasteiger partial charge in [0, 0.05) is 18.9 Å². The first-order valence-corrected chi connectivity index (χ1v) is 5.79. The molecule has 0 bridgehead atoms. The first kappa shape index (κ1) is 12.3. The summed E-state index contributed by atoms with van der Waals surface area (Å²) in [7, 11) is 0. The molecule has 0 radical (unpaired) electrons. The average Bonchev–Trinajstić information content (AvgIpc) is 2.78. The number of rotatable bonds is 5. The van der Waals surface area contributed by atoms with Crippen LogP contribution in [0.4, 0.5) is 0 Å². The van der Waals surface area contributed by atoms with Gasteiger partial charge in [-0.1, -0.05) is 6.07 Å². The number of carboxylic acid groups (broad SMARTS) is 1. The summed E-state index contributed by atoms with van der Waals surface area (Å²) in [5.41, 5.74) is 0.901. The van der Waals surface area contributed by atoms with Crippen LogP contribution in [0.15, 0.2) is 18.2 Å². The van der Waals surface area contributed by atoms with E-state index in [1.54, 1.807) is 6.07 Å².